The Morgan fingerprint density at radius 3 is 2.67 bits per heavy atom. The van der Waals surface area contributed by atoms with Crippen molar-refractivity contribution in [3.8, 4) is 0 Å². The lowest BCUT2D eigenvalue weighted by molar-refractivity contribution is -0.128. The predicted molar refractivity (Wildman–Crippen MR) is 75.0 cm³/mol. The van der Waals surface area contributed by atoms with Gasteiger partial charge in [0, 0.05) is 38.0 Å². The van der Waals surface area contributed by atoms with Crippen molar-refractivity contribution in [2.75, 3.05) is 45.1 Å². The zero-order valence-electron chi connectivity index (χ0n) is 11.4. The fraction of sp³-hybridized carbons (Fsp3) is 0.923. The van der Waals surface area contributed by atoms with Gasteiger partial charge in [-0.2, -0.15) is 0 Å². The monoisotopic (exact) mass is 272 g/mol. The molecule has 2 heterocycles. The minimum atomic E-state index is 0.202. The van der Waals surface area contributed by atoms with Crippen LogP contribution in [-0.2, 0) is 9.53 Å². The minimum Gasteiger partial charge on any atom is -0.379 e. The van der Waals surface area contributed by atoms with E-state index in [0.29, 0.717) is 11.9 Å². The Kier molecular flexibility index (Phi) is 5.33. The lowest BCUT2D eigenvalue weighted by Gasteiger charge is -2.26. The van der Waals surface area contributed by atoms with Crippen molar-refractivity contribution in [2.24, 2.45) is 0 Å². The average Bonchev–Trinajstić information content (AvgIpc) is 2.73. The summed E-state index contributed by atoms with van der Waals surface area (Å²) in [4.78, 5) is 16.5. The molecule has 5 heteroatoms. The van der Waals surface area contributed by atoms with E-state index in [1.165, 1.54) is 0 Å². The molecule has 0 saturated carbocycles. The average molecular weight is 272 g/mol. The quantitative estimate of drug-likeness (QED) is 0.749. The van der Waals surface area contributed by atoms with Gasteiger partial charge in [-0.3, -0.25) is 9.69 Å². The van der Waals surface area contributed by atoms with Crippen molar-refractivity contribution in [3.63, 3.8) is 0 Å². The van der Waals surface area contributed by atoms with Crippen LogP contribution < -0.4 is 0 Å². The number of carbonyl (C=O) groups excluding carboxylic acids is 1. The molecule has 0 N–H and O–H groups in total. The number of ether oxygens (including phenoxy) is 1. The molecule has 0 radical (unpaired) electrons. The summed E-state index contributed by atoms with van der Waals surface area (Å²) in [6, 6.07) is 0.349. The molecule has 18 heavy (non-hydrogen) atoms. The van der Waals surface area contributed by atoms with Crippen molar-refractivity contribution in [1.29, 1.82) is 0 Å². The number of nitrogens with zero attached hydrogens (tertiary/aromatic N) is 2. The van der Waals surface area contributed by atoms with Crippen molar-refractivity contribution in [2.45, 2.75) is 31.6 Å². The summed E-state index contributed by atoms with van der Waals surface area (Å²) in [5, 5.41) is 0.202. The normalized spacial score (nSPS) is 26.3. The van der Waals surface area contributed by atoms with Gasteiger partial charge in [0.1, 0.15) is 0 Å². The number of rotatable bonds is 5. The van der Waals surface area contributed by atoms with Gasteiger partial charge in [0.15, 0.2) is 0 Å². The first-order valence-electron chi connectivity index (χ1n) is 6.90. The molecule has 2 saturated heterocycles. The van der Waals surface area contributed by atoms with E-state index in [9.17, 15) is 4.79 Å². The molecule has 2 aliphatic heterocycles. The third-order valence-corrected chi connectivity index (χ3v) is 4.90. The first-order valence-corrected chi connectivity index (χ1v) is 7.95. The number of morpholine rings is 1. The molecule has 2 rings (SSSR count). The summed E-state index contributed by atoms with van der Waals surface area (Å²) in [5.41, 5.74) is 0. The van der Waals surface area contributed by atoms with E-state index in [4.69, 9.17) is 4.74 Å². The molecule has 1 unspecified atom stereocenters. The van der Waals surface area contributed by atoms with Gasteiger partial charge < -0.3 is 9.64 Å². The van der Waals surface area contributed by atoms with E-state index in [1.54, 1.807) is 0 Å². The maximum Gasteiger partial charge on any atom is 0.235 e. The Morgan fingerprint density at radius 2 is 2.06 bits per heavy atom. The summed E-state index contributed by atoms with van der Waals surface area (Å²) in [6.07, 6.45) is 1.02. The number of thioether (sulfide) groups is 1. The number of hydrogen-bond donors (Lipinski definition) is 0. The minimum absolute atomic E-state index is 0.202. The van der Waals surface area contributed by atoms with E-state index in [-0.39, 0.29) is 5.25 Å². The molecule has 0 aromatic carbocycles. The number of hydrogen-bond acceptors (Lipinski definition) is 4. The molecule has 2 aliphatic rings. The highest BCUT2D eigenvalue weighted by Gasteiger charge is 2.33. The van der Waals surface area contributed by atoms with Gasteiger partial charge in [-0.05, 0) is 20.3 Å². The fourth-order valence-corrected chi connectivity index (χ4v) is 3.69. The van der Waals surface area contributed by atoms with Crippen LogP contribution in [0.4, 0.5) is 0 Å². The van der Waals surface area contributed by atoms with Crippen LogP contribution in [0.3, 0.4) is 0 Å². The van der Waals surface area contributed by atoms with Crippen molar-refractivity contribution in [1.82, 2.24) is 9.80 Å². The summed E-state index contributed by atoms with van der Waals surface area (Å²) in [5.74, 6) is 1.40. The highest BCUT2D eigenvalue weighted by atomic mass is 32.2. The maximum absolute atomic E-state index is 12.1. The number of likely N-dealkylation sites (tertiary alicyclic amines) is 1. The van der Waals surface area contributed by atoms with E-state index in [2.05, 4.69) is 18.7 Å². The Hall–Kier alpha value is -0.260. The van der Waals surface area contributed by atoms with Crippen LogP contribution in [0.5, 0.6) is 0 Å². The summed E-state index contributed by atoms with van der Waals surface area (Å²) < 4.78 is 5.33. The summed E-state index contributed by atoms with van der Waals surface area (Å²) in [7, 11) is 0. The van der Waals surface area contributed by atoms with Crippen LogP contribution in [0.1, 0.15) is 20.3 Å². The molecule has 0 aromatic heterocycles. The molecular formula is C13H24N2O2S. The molecule has 2 fully saturated rings. The zero-order chi connectivity index (χ0) is 13.0. The fourth-order valence-electron chi connectivity index (χ4n) is 2.49. The molecule has 1 amide bonds. The molecule has 0 aliphatic carbocycles. The van der Waals surface area contributed by atoms with Crippen LogP contribution in [0.2, 0.25) is 0 Å². The van der Waals surface area contributed by atoms with Crippen molar-refractivity contribution < 1.29 is 9.53 Å². The first kappa shape index (κ1) is 14.2. The Labute approximate surface area is 114 Å². The number of amides is 1. The van der Waals surface area contributed by atoms with Crippen LogP contribution in [0.15, 0.2) is 0 Å². The Bertz CT molecular complexity index is 280. The predicted octanol–water partition coefficient (Wildman–Crippen LogP) is 1.06. The third-order valence-electron chi connectivity index (χ3n) is 3.64. The van der Waals surface area contributed by atoms with Gasteiger partial charge in [0.05, 0.1) is 18.5 Å². The largest absolute Gasteiger partial charge is 0.379 e. The van der Waals surface area contributed by atoms with E-state index in [1.807, 2.05) is 16.7 Å². The van der Waals surface area contributed by atoms with Gasteiger partial charge in [-0.1, -0.05) is 0 Å². The van der Waals surface area contributed by atoms with E-state index < -0.39 is 0 Å². The molecule has 4 nitrogen and oxygen atoms in total. The number of carbonyl (C=O) groups is 1. The highest BCUT2D eigenvalue weighted by Crippen LogP contribution is 2.25. The highest BCUT2D eigenvalue weighted by molar-refractivity contribution is 8.00. The van der Waals surface area contributed by atoms with Crippen LogP contribution >= 0.6 is 11.8 Å². The second-order valence-corrected chi connectivity index (χ2v) is 6.54. The lowest BCUT2D eigenvalue weighted by Crippen LogP contribution is -2.38. The molecular weight excluding hydrogens is 248 g/mol. The van der Waals surface area contributed by atoms with Gasteiger partial charge in [-0.25, -0.2) is 0 Å². The summed E-state index contributed by atoms with van der Waals surface area (Å²) >= 11 is 1.83. The molecule has 1 atom stereocenters. The van der Waals surface area contributed by atoms with Gasteiger partial charge in [0.2, 0.25) is 5.91 Å². The molecule has 0 bridgehead atoms. The lowest BCUT2D eigenvalue weighted by atomic mass is 10.3. The second-order valence-electron chi connectivity index (χ2n) is 5.23. The first-order chi connectivity index (χ1) is 8.68. The molecule has 104 valence electrons. The van der Waals surface area contributed by atoms with Crippen LogP contribution in [0, 0.1) is 0 Å². The molecule has 0 aromatic rings. The second kappa shape index (κ2) is 6.78. The van der Waals surface area contributed by atoms with Gasteiger partial charge in [-0.15, -0.1) is 11.8 Å². The van der Waals surface area contributed by atoms with Gasteiger partial charge in [0.25, 0.3) is 0 Å². The standard InChI is InChI=1S/C13H24N2O2S/c1-11(2)15-4-3-12(13(15)16)18-10-7-14-5-8-17-9-6-14/h11-12H,3-10H2,1-2H3. The maximum atomic E-state index is 12.1. The van der Waals surface area contributed by atoms with E-state index in [0.717, 1.165) is 51.6 Å². The Morgan fingerprint density at radius 1 is 1.33 bits per heavy atom. The molecule has 0 spiro atoms. The SMILES string of the molecule is CC(C)N1CCC(SCCN2CCOCC2)C1=O. The third kappa shape index (κ3) is 3.62. The van der Waals surface area contributed by atoms with Crippen molar-refractivity contribution in [3.05, 3.63) is 0 Å². The summed E-state index contributed by atoms with van der Waals surface area (Å²) in [6.45, 7) is 10.00. The smallest absolute Gasteiger partial charge is 0.235 e. The van der Waals surface area contributed by atoms with Gasteiger partial charge >= 0.3 is 0 Å². The van der Waals surface area contributed by atoms with Crippen LogP contribution in [0.25, 0.3) is 0 Å². The van der Waals surface area contributed by atoms with Crippen LogP contribution in [-0.4, -0.2) is 72.1 Å². The Balaban J connectivity index is 1.66. The topological polar surface area (TPSA) is 32.8 Å². The van der Waals surface area contributed by atoms with E-state index >= 15 is 0 Å². The zero-order valence-corrected chi connectivity index (χ0v) is 12.2. The van der Waals surface area contributed by atoms with Crippen molar-refractivity contribution >= 4 is 17.7 Å².